The Bertz CT molecular complexity index is 1010. The number of hydrogen-bond acceptors (Lipinski definition) is 4. The topological polar surface area (TPSA) is 64.6 Å². The van der Waals surface area contributed by atoms with Gasteiger partial charge < -0.3 is 14.8 Å². The minimum atomic E-state index is -0.434. The van der Waals surface area contributed by atoms with Gasteiger partial charge in [-0.25, -0.2) is 4.79 Å². The second kappa shape index (κ2) is 8.57. The molecule has 5 nitrogen and oxygen atoms in total. The molecular formula is C23H23NO4. The van der Waals surface area contributed by atoms with E-state index in [1.165, 1.54) is 0 Å². The minimum Gasteiger partial charge on any atom is -0.482 e. The first-order valence-electron chi connectivity index (χ1n) is 9.15. The Labute approximate surface area is 164 Å². The quantitative estimate of drug-likeness (QED) is 0.631. The van der Waals surface area contributed by atoms with Crippen molar-refractivity contribution >= 4 is 28.3 Å². The van der Waals surface area contributed by atoms with Crippen LogP contribution in [-0.4, -0.2) is 24.6 Å². The molecule has 0 heterocycles. The van der Waals surface area contributed by atoms with E-state index in [0.29, 0.717) is 17.0 Å². The molecule has 0 spiro atoms. The van der Waals surface area contributed by atoms with Gasteiger partial charge in [-0.1, -0.05) is 35.9 Å². The predicted molar refractivity (Wildman–Crippen MR) is 110 cm³/mol. The molecular weight excluding hydrogens is 354 g/mol. The fourth-order valence-corrected chi connectivity index (χ4v) is 2.81. The van der Waals surface area contributed by atoms with Crippen LogP contribution < -0.4 is 10.1 Å². The van der Waals surface area contributed by atoms with Crippen molar-refractivity contribution in [2.75, 3.05) is 11.9 Å². The average Bonchev–Trinajstić information content (AvgIpc) is 2.65. The van der Waals surface area contributed by atoms with Gasteiger partial charge in [0.2, 0.25) is 0 Å². The molecule has 5 heteroatoms. The molecule has 3 aromatic rings. The molecule has 0 radical (unpaired) electrons. The summed E-state index contributed by atoms with van der Waals surface area (Å²) in [4.78, 5) is 24.2. The first-order valence-corrected chi connectivity index (χ1v) is 9.15. The molecule has 0 aromatic heterocycles. The van der Waals surface area contributed by atoms with E-state index in [2.05, 4.69) is 11.4 Å². The maximum atomic E-state index is 12.6. The van der Waals surface area contributed by atoms with E-state index in [-0.39, 0.29) is 18.6 Å². The number of carbonyl (C=O) groups excluding carboxylic acids is 2. The van der Waals surface area contributed by atoms with E-state index in [0.717, 1.165) is 16.3 Å². The highest BCUT2D eigenvalue weighted by Crippen LogP contribution is 2.21. The van der Waals surface area contributed by atoms with E-state index >= 15 is 0 Å². The van der Waals surface area contributed by atoms with Crippen LogP contribution in [0.1, 0.15) is 29.8 Å². The van der Waals surface area contributed by atoms with Gasteiger partial charge in [-0.2, -0.15) is 0 Å². The zero-order valence-electron chi connectivity index (χ0n) is 16.2. The lowest BCUT2D eigenvalue weighted by Crippen LogP contribution is -2.18. The number of anilines is 1. The lowest BCUT2D eigenvalue weighted by Gasteiger charge is -2.11. The van der Waals surface area contributed by atoms with Crippen LogP contribution in [-0.2, 0) is 9.53 Å². The summed E-state index contributed by atoms with van der Waals surface area (Å²) in [6.07, 6.45) is -0.188. The van der Waals surface area contributed by atoms with Gasteiger partial charge in [0.25, 0.3) is 5.91 Å². The number of ether oxygens (including phenoxy) is 2. The Kier molecular flexibility index (Phi) is 5.94. The normalized spacial score (nSPS) is 10.7. The van der Waals surface area contributed by atoms with Crippen LogP contribution in [0.4, 0.5) is 5.69 Å². The van der Waals surface area contributed by atoms with Gasteiger partial charge in [-0.3, -0.25) is 4.79 Å². The Morgan fingerprint density at radius 3 is 2.54 bits per heavy atom. The summed E-state index contributed by atoms with van der Waals surface area (Å²) in [6, 6.07) is 18.7. The monoisotopic (exact) mass is 377 g/mol. The van der Waals surface area contributed by atoms with Crippen molar-refractivity contribution in [1.29, 1.82) is 0 Å². The Hall–Kier alpha value is -3.34. The summed E-state index contributed by atoms with van der Waals surface area (Å²) in [6.45, 7) is 5.40. The van der Waals surface area contributed by atoms with Crippen molar-refractivity contribution in [1.82, 2.24) is 0 Å². The number of amides is 1. The number of nitrogens with one attached hydrogen (secondary N) is 1. The summed E-state index contributed by atoms with van der Waals surface area (Å²) in [5, 5.41) is 4.97. The number of fused-ring (bicyclic) bond motifs is 1. The summed E-state index contributed by atoms with van der Waals surface area (Å²) in [5.74, 6) is -0.164. The molecule has 0 atom stereocenters. The first kappa shape index (κ1) is 19.4. The summed E-state index contributed by atoms with van der Waals surface area (Å²) in [7, 11) is 0. The summed E-state index contributed by atoms with van der Waals surface area (Å²) < 4.78 is 10.5. The molecule has 0 aliphatic carbocycles. The minimum absolute atomic E-state index is 0.181. The van der Waals surface area contributed by atoms with Crippen molar-refractivity contribution < 1.29 is 19.1 Å². The molecule has 0 unspecified atom stereocenters. The van der Waals surface area contributed by atoms with E-state index < -0.39 is 5.97 Å². The highest BCUT2D eigenvalue weighted by atomic mass is 16.6. The van der Waals surface area contributed by atoms with E-state index in [4.69, 9.17) is 9.47 Å². The molecule has 1 amide bonds. The van der Waals surface area contributed by atoms with Gasteiger partial charge in [0.15, 0.2) is 6.61 Å². The maximum absolute atomic E-state index is 12.6. The number of benzene rings is 3. The summed E-state index contributed by atoms with van der Waals surface area (Å²) in [5.41, 5.74) is 2.31. The molecule has 3 aromatic carbocycles. The van der Waals surface area contributed by atoms with Crippen LogP contribution in [0, 0.1) is 6.92 Å². The number of hydrogen-bond donors (Lipinski definition) is 1. The fraction of sp³-hybridized carbons (Fsp3) is 0.217. The molecule has 0 aliphatic rings. The van der Waals surface area contributed by atoms with Gasteiger partial charge in [-0.15, -0.1) is 0 Å². The van der Waals surface area contributed by atoms with Crippen LogP contribution in [0.3, 0.4) is 0 Å². The van der Waals surface area contributed by atoms with Crippen LogP contribution in [0.5, 0.6) is 5.75 Å². The zero-order chi connectivity index (χ0) is 20.1. The van der Waals surface area contributed by atoms with Gasteiger partial charge in [0.05, 0.1) is 6.10 Å². The van der Waals surface area contributed by atoms with Gasteiger partial charge in [-0.05, 0) is 55.8 Å². The molecule has 0 saturated heterocycles. The fourth-order valence-electron chi connectivity index (χ4n) is 2.81. The van der Waals surface area contributed by atoms with Gasteiger partial charge in [0, 0.05) is 17.3 Å². The van der Waals surface area contributed by atoms with E-state index in [1.54, 1.807) is 44.2 Å². The van der Waals surface area contributed by atoms with Crippen molar-refractivity contribution in [3.63, 3.8) is 0 Å². The zero-order valence-corrected chi connectivity index (χ0v) is 16.2. The largest absolute Gasteiger partial charge is 0.482 e. The van der Waals surface area contributed by atoms with E-state index in [9.17, 15) is 9.59 Å². The number of esters is 1. The lowest BCUT2D eigenvalue weighted by atomic mass is 10.0. The highest BCUT2D eigenvalue weighted by Gasteiger charge is 2.10. The van der Waals surface area contributed by atoms with Crippen LogP contribution in [0.2, 0.25) is 0 Å². The smallest absolute Gasteiger partial charge is 0.344 e. The van der Waals surface area contributed by atoms with Crippen molar-refractivity contribution in [3.05, 3.63) is 71.8 Å². The molecule has 1 N–H and O–H groups in total. The van der Waals surface area contributed by atoms with Crippen LogP contribution >= 0.6 is 0 Å². The average molecular weight is 377 g/mol. The Morgan fingerprint density at radius 2 is 1.75 bits per heavy atom. The SMILES string of the molecule is Cc1ccc2ccc(C(=O)Nc3cccc(OCC(=O)OC(C)C)c3)cc2c1. The Balaban J connectivity index is 1.68. The second-order valence-electron chi connectivity index (χ2n) is 6.87. The number of rotatable bonds is 6. The second-order valence-corrected chi connectivity index (χ2v) is 6.87. The predicted octanol–water partition coefficient (Wildman–Crippen LogP) is 4.73. The third kappa shape index (κ3) is 5.10. The highest BCUT2D eigenvalue weighted by molar-refractivity contribution is 6.06. The van der Waals surface area contributed by atoms with E-state index in [1.807, 2.05) is 31.2 Å². The van der Waals surface area contributed by atoms with Crippen molar-refractivity contribution in [2.45, 2.75) is 26.9 Å². The molecule has 0 fully saturated rings. The number of carbonyl (C=O) groups is 2. The molecule has 0 saturated carbocycles. The third-order valence-electron chi connectivity index (χ3n) is 4.07. The third-order valence-corrected chi connectivity index (χ3v) is 4.07. The molecule has 144 valence electrons. The molecule has 0 aliphatic heterocycles. The van der Waals surface area contributed by atoms with Crippen molar-refractivity contribution in [3.8, 4) is 5.75 Å². The van der Waals surface area contributed by atoms with Gasteiger partial charge >= 0.3 is 5.97 Å². The van der Waals surface area contributed by atoms with Crippen LogP contribution in [0.15, 0.2) is 60.7 Å². The van der Waals surface area contributed by atoms with Crippen LogP contribution in [0.25, 0.3) is 10.8 Å². The van der Waals surface area contributed by atoms with Crippen molar-refractivity contribution in [2.24, 2.45) is 0 Å². The van der Waals surface area contributed by atoms with Gasteiger partial charge in [0.1, 0.15) is 5.75 Å². The lowest BCUT2D eigenvalue weighted by molar-refractivity contribution is -0.149. The summed E-state index contributed by atoms with van der Waals surface area (Å²) >= 11 is 0. The molecule has 0 bridgehead atoms. The molecule has 28 heavy (non-hydrogen) atoms. The first-order chi connectivity index (χ1) is 13.4. The molecule has 3 rings (SSSR count). The maximum Gasteiger partial charge on any atom is 0.344 e. The standard InChI is InChI=1S/C23H23NO4/c1-15(2)28-22(25)14-27-21-6-4-5-20(13-21)24-23(26)18-10-9-17-8-7-16(3)11-19(17)12-18/h4-13,15H,14H2,1-3H3,(H,24,26). The number of aryl methyl sites for hydroxylation is 1. The Morgan fingerprint density at radius 1 is 0.964 bits per heavy atom.